The van der Waals surface area contributed by atoms with Gasteiger partial charge >= 0.3 is 23.9 Å². The van der Waals surface area contributed by atoms with E-state index in [-0.39, 0.29) is 11.2 Å². The zero-order valence-electron chi connectivity index (χ0n) is 12.2. The molecule has 0 fully saturated rings. The number of carbonyl (C=O) groups excluding carboxylic acids is 1. The lowest BCUT2D eigenvalue weighted by Crippen LogP contribution is -2.63. The van der Waals surface area contributed by atoms with Gasteiger partial charge in [0.1, 0.15) is 6.20 Å². The molecule has 0 atom stereocenters. The van der Waals surface area contributed by atoms with Crippen molar-refractivity contribution in [3.63, 3.8) is 0 Å². The van der Waals surface area contributed by atoms with E-state index in [1.807, 2.05) is 0 Å². The highest BCUT2D eigenvalue weighted by Crippen LogP contribution is 2.52. The molecule has 0 saturated carbocycles. The van der Waals surface area contributed by atoms with Gasteiger partial charge in [0, 0.05) is 0 Å². The molecule has 2 heterocycles. The van der Waals surface area contributed by atoms with Crippen LogP contribution in [0.5, 0.6) is 0 Å². The maximum Gasteiger partial charge on any atom is 0.460 e. The Bertz CT molecular complexity index is 814. The summed E-state index contributed by atoms with van der Waals surface area (Å²) in [5, 5.41) is 1.19. The Morgan fingerprint density at radius 2 is 1.69 bits per heavy atom. The lowest BCUT2D eigenvalue weighted by Gasteiger charge is -2.33. The van der Waals surface area contributed by atoms with Crippen LogP contribution in [0, 0.1) is 0 Å². The van der Waals surface area contributed by atoms with E-state index in [0.717, 1.165) is 12.3 Å². The SMILES string of the molecule is O=C(NCC(F)(F)C(F)(F)C(F)(F)C(F)(F)F)c1cnc2[nH+]c[nH]c2c1. The molecular weight excluding hydrogens is 387 g/mol. The van der Waals surface area contributed by atoms with Crippen LogP contribution in [-0.4, -0.2) is 46.4 Å². The smallest absolute Gasteiger partial charge is 0.346 e. The summed E-state index contributed by atoms with van der Waals surface area (Å²) in [6, 6.07) is 1.06. The molecule has 0 saturated heterocycles. The fraction of sp³-hybridized carbons (Fsp3) is 0.417. The summed E-state index contributed by atoms with van der Waals surface area (Å²) < 4.78 is 114. The largest absolute Gasteiger partial charge is 0.460 e. The minimum atomic E-state index is -7.01. The number of aromatic nitrogens is 3. The molecule has 2 aromatic heterocycles. The minimum Gasteiger partial charge on any atom is -0.346 e. The van der Waals surface area contributed by atoms with Crippen molar-refractivity contribution in [2.45, 2.75) is 23.9 Å². The molecule has 2 aromatic rings. The van der Waals surface area contributed by atoms with Gasteiger partial charge in [-0.15, -0.1) is 4.98 Å². The van der Waals surface area contributed by atoms with Crippen LogP contribution < -0.4 is 10.3 Å². The Morgan fingerprint density at radius 3 is 2.27 bits per heavy atom. The van der Waals surface area contributed by atoms with Crippen molar-refractivity contribution < 1.29 is 49.3 Å². The first-order valence-corrected chi connectivity index (χ1v) is 6.54. The first-order chi connectivity index (χ1) is 11.7. The number of pyridine rings is 1. The quantitative estimate of drug-likeness (QED) is 0.764. The predicted octanol–water partition coefficient (Wildman–Crippen LogP) is 2.58. The molecule has 1 amide bonds. The summed E-state index contributed by atoms with van der Waals surface area (Å²) in [6.07, 6.45) is -4.76. The predicted molar refractivity (Wildman–Crippen MR) is 65.9 cm³/mol. The summed E-state index contributed by atoms with van der Waals surface area (Å²) in [4.78, 5) is 20.5. The summed E-state index contributed by atoms with van der Waals surface area (Å²) >= 11 is 0. The molecule has 5 nitrogen and oxygen atoms in total. The number of carbonyl (C=O) groups is 1. The minimum absolute atomic E-state index is 0.221. The number of H-pyrrole nitrogens is 2. The van der Waals surface area contributed by atoms with E-state index < -0.39 is 42.0 Å². The van der Waals surface area contributed by atoms with Gasteiger partial charge in [-0.05, 0) is 6.07 Å². The Hall–Kier alpha value is -2.54. The molecule has 0 aliphatic heterocycles. The number of nitrogens with one attached hydrogen (secondary N) is 3. The molecule has 2 rings (SSSR count). The molecule has 0 aromatic carbocycles. The average molecular weight is 395 g/mol. The third-order valence-corrected chi connectivity index (χ3v) is 3.27. The number of hydrogen-bond donors (Lipinski definition) is 2. The second-order valence-electron chi connectivity index (χ2n) is 5.09. The number of aromatic amines is 2. The number of amides is 1. The van der Waals surface area contributed by atoms with Crippen LogP contribution in [0.25, 0.3) is 11.2 Å². The van der Waals surface area contributed by atoms with Crippen molar-refractivity contribution in [2.24, 2.45) is 0 Å². The number of halogens is 9. The first-order valence-electron chi connectivity index (χ1n) is 6.54. The number of hydrogen-bond acceptors (Lipinski definition) is 2. The highest BCUT2D eigenvalue weighted by Gasteiger charge is 2.81. The molecule has 0 aliphatic carbocycles. The standard InChI is InChI=1S/C12H7F9N4O/c13-9(14,10(15,16)11(17,18)12(19,20)21)3-23-8(26)5-1-6-7(22-2-5)25-4-24-6/h1-2,4H,3H2,(H,23,26)(H,22,24,25)/p+1. The molecule has 3 N–H and O–H groups in total. The van der Waals surface area contributed by atoms with Gasteiger partial charge in [-0.25, -0.2) is 4.98 Å². The molecule has 14 heteroatoms. The fourth-order valence-electron chi connectivity index (χ4n) is 1.81. The van der Waals surface area contributed by atoms with Gasteiger partial charge in [0.05, 0.1) is 12.1 Å². The summed E-state index contributed by atoms with van der Waals surface area (Å²) in [6.45, 7) is -2.46. The van der Waals surface area contributed by atoms with Gasteiger partial charge in [0.15, 0.2) is 11.8 Å². The van der Waals surface area contributed by atoms with E-state index in [1.54, 1.807) is 0 Å². The normalized spacial score (nSPS) is 13.9. The Labute approximate surface area is 137 Å². The van der Waals surface area contributed by atoms with Gasteiger partial charge in [-0.1, -0.05) is 0 Å². The lowest BCUT2D eigenvalue weighted by atomic mass is 10.0. The molecular formula is C12H8F9N4O+. The fourth-order valence-corrected chi connectivity index (χ4v) is 1.81. The van der Waals surface area contributed by atoms with Gasteiger partial charge < -0.3 is 5.32 Å². The van der Waals surface area contributed by atoms with Crippen LogP contribution in [0.15, 0.2) is 18.6 Å². The van der Waals surface area contributed by atoms with Gasteiger partial charge in [-0.3, -0.25) is 9.78 Å². The number of rotatable bonds is 5. The van der Waals surface area contributed by atoms with Crippen LogP contribution >= 0.6 is 0 Å². The van der Waals surface area contributed by atoms with Crippen LogP contribution in [-0.2, 0) is 0 Å². The second-order valence-corrected chi connectivity index (χ2v) is 5.09. The van der Waals surface area contributed by atoms with E-state index in [2.05, 4.69) is 15.0 Å². The van der Waals surface area contributed by atoms with Crippen LogP contribution in [0.2, 0.25) is 0 Å². The average Bonchev–Trinajstić information content (AvgIpc) is 2.98. The third kappa shape index (κ3) is 3.14. The van der Waals surface area contributed by atoms with Gasteiger partial charge in [0.25, 0.3) is 11.6 Å². The molecule has 0 bridgehead atoms. The number of fused-ring (bicyclic) bond motifs is 1. The second kappa shape index (κ2) is 6.02. The van der Waals surface area contributed by atoms with Crippen molar-refractivity contribution in [1.82, 2.24) is 15.3 Å². The molecule has 0 unspecified atom stereocenters. The Balaban J connectivity index is 2.16. The first kappa shape index (κ1) is 19.8. The van der Waals surface area contributed by atoms with Crippen LogP contribution in [0.4, 0.5) is 39.5 Å². The Morgan fingerprint density at radius 1 is 1.08 bits per heavy atom. The van der Waals surface area contributed by atoms with Gasteiger partial charge in [0.2, 0.25) is 0 Å². The van der Waals surface area contributed by atoms with E-state index in [4.69, 9.17) is 0 Å². The van der Waals surface area contributed by atoms with Crippen molar-refractivity contribution in [1.29, 1.82) is 0 Å². The zero-order valence-corrected chi connectivity index (χ0v) is 12.2. The van der Waals surface area contributed by atoms with Crippen molar-refractivity contribution in [3.05, 3.63) is 24.2 Å². The summed E-state index contributed by atoms with van der Waals surface area (Å²) in [7, 11) is 0. The summed E-state index contributed by atoms with van der Waals surface area (Å²) in [5.74, 6) is -21.1. The Kier molecular flexibility index (Phi) is 4.58. The van der Waals surface area contributed by atoms with Crippen LogP contribution in [0.3, 0.4) is 0 Å². The monoisotopic (exact) mass is 395 g/mol. The number of nitrogens with zero attached hydrogens (tertiary/aromatic N) is 1. The number of imidazole rings is 1. The molecule has 0 radical (unpaired) electrons. The highest BCUT2D eigenvalue weighted by atomic mass is 19.4. The van der Waals surface area contributed by atoms with E-state index >= 15 is 0 Å². The van der Waals surface area contributed by atoms with Crippen molar-refractivity contribution >= 4 is 17.1 Å². The third-order valence-electron chi connectivity index (χ3n) is 3.27. The van der Waals surface area contributed by atoms with Gasteiger partial charge in [-0.2, -0.15) is 39.5 Å². The van der Waals surface area contributed by atoms with E-state index in [9.17, 15) is 44.3 Å². The van der Waals surface area contributed by atoms with E-state index in [0.29, 0.717) is 0 Å². The molecule has 144 valence electrons. The highest BCUT2D eigenvalue weighted by molar-refractivity contribution is 5.96. The van der Waals surface area contributed by atoms with Crippen molar-refractivity contribution in [3.8, 4) is 0 Å². The molecule has 0 spiro atoms. The zero-order chi connectivity index (χ0) is 20.0. The lowest BCUT2D eigenvalue weighted by molar-refractivity contribution is -0.394. The summed E-state index contributed by atoms with van der Waals surface area (Å²) in [5.41, 5.74) is 0.0524. The topological polar surface area (TPSA) is 71.9 Å². The molecule has 0 aliphatic rings. The maximum absolute atomic E-state index is 13.3. The van der Waals surface area contributed by atoms with Crippen LogP contribution in [0.1, 0.15) is 10.4 Å². The van der Waals surface area contributed by atoms with Crippen molar-refractivity contribution in [2.75, 3.05) is 6.54 Å². The molecule has 26 heavy (non-hydrogen) atoms. The maximum atomic E-state index is 13.3. The number of alkyl halides is 9. The van der Waals surface area contributed by atoms with E-state index in [1.165, 1.54) is 11.6 Å².